The smallest absolute Gasteiger partial charge is 0.162 e. The summed E-state index contributed by atoms with van der Waals surface area (Å²) in [4.78, 5) is 13.5. The van der Waals surface area contributed by atoms with Crippen LogP contribution in [-0.4, -0.2) is 14.5 Å². The molecule has 2 aliphatic carbocycles. The van der Waals surface area contributed by atoms with Crippen molar-refractivity contribution in [1.29, 1.82) is 0 Å². The van der Waals surface area contributed by atoms with Gasteiger partial charge in [-0.15, -0.1) is 0 Å². The fourth-order valence-electron chi connectivity index (χ4n) is 12.1. The standard InChI is InChI=1S/C65H41N4P/c1-4-20-42(21-5-1)64-66-56(43-36-37-49-48-28-12-16-32-54(48)65(55(49)40-43)52-30-14-10-26-46(52)47-27-11-15-31-53(47)65)41-61(67-64)69-58-34-18-19-35-60(58)70(45-24-8-3-9-25-45)63-59(69)39-38-51-50-29-13-17-33-57(50)68(62(51)63)44-22-6-2-7-23-44/h1-41H. The van der Waals surface area contributed by atoms with Crippen LogP contribution in [-0.2, 0) is 5.41 Å². The van der Waals surface area contributed by atoms with Gasteiger partial charge in [0.05, 0.1) is 33.5 Å². The molecule has 0 fully saturated rings. The Morgan fingerprint density at radius 3 is 1.70 bits per heavy atom. The Hall–Kier alpha value is -8.69. The summed E-state index contributed by atoms with van der Waals surface area (Å²) in [6.45, 7) is 0. The molecular formula is C65H41N4P. The highest BCUT2D eigenvalue weighted by atomic mass is 31.1. The summed E-state index contributed by atoms with van der Waals surface area (Å²) < 4.78 is 2.49. The number of anilines is 3. The van der Waals surface area contributed by atoms with Crippen molar-refractivity contribution in [3.63, 3.8) is 0 Å². The van der Waals surface area contributed by atoms with Gasteiger partial charge in [-0.1, -0.05) is 206 Å². The third-order valence-electron chi connectivity index (χ3n) is 14.9. The summed E-state index contributed by atoms with van der Waals surface area (Å²) >= 11 is 0. The summed E-state index contributed by atoms with van der Waals surface area (Å²) in [7, 11) is -1.04. The lowest BCUT2D eigenvalue weighted by Gasteiger charge is -2.38. The maximum atomic E-state index is 5.60. The number of aromatic nitrogens is 3. The molecule has 3 heterocycles. The first-order valence-corrected chi connectivity index (χ1v) is 25.3. The largest absolute Gasteiger partial charge is 0.308 e. The number of para-hydroxylation sites is 3. The number of nitrogens with zero attached hydrogens (tertiary/aromatic N) is 4. The number of benzene rings is 10. The summed E-state index contributed by atoms with van der Waals surface area (Å²) in [6, 6.07) is 91.3. The zero-order valence-corrected chi connectivity index (χ0v) is 38.8. The van der Waals surface area contributed by atoms with Crippen molar-refractivity contribution in [2.24, 2.45) is 0 Å². The van der Waals surface area contributed by atoms with Gasteiger partial charge in [-0.25, -0.2) is 9.97 Å². The first-order valence-electron chi connectivity index (χ1n) is 24.0. The lowest BCUT2D eigenvalue weighted by Crippen LogP contribution is -2.35. The van der Waals surface area contributed by atoms with Crippen molar-refractivity contribution in [1.82, 2.24) is 14.5 Å². The number of hydrogen-bond acceptors (Lipinski definition) is 3. The topological polar surface area (TPSA) is 34.0 Å². The van der Waals surface area contributed by atoms with Crippen LogP contribution in [0.15, 0.2) is 249 Å². The highest BCUT2D eigenvalue weighted by Crippen LogP contribution is 2.63. The van der Waals surface area contributed by atoms with E-state index in [2.05, 4.69) is 258 Å². The van der Waals surface area contributed by atoms with Crippen LogP contribution in [0, 0.1) is 0 Å². The molecule has 0 saturated carbocycles. The van der Waals surface area contributed by atoms with Crippen LogP contribution in [0.25, 0.3) is 72.4 Å². The maximum absolute atomic E-state index is 5.60. The Morgan fingerprint density at radius 2 is 0.986 bits per heavy atom. The minimum absolute atomic E-state index is 0.477. The molecule has 0 saturated heterocycles. The van der Waals surface area contributed by atoms with Gasteiger partial charge < -0.3 is 4.57 Å². The molecule has 0 amide bonds. The molecule has 4 nitrogen and oxygen atoms in total. The van der Waals surface area contributed by atoms with Gasteiger partial charge in [-0.05, 0) is 94.1 Å². The lowest BCUT2D eigenvalue weighted by molar-refractivity contribution is 0.794. The van der Waals surface area contributed by atoms with Gasteiger partial charge >= 0.3 is 0 Å². The van der Waals surface area contributed by atoms with Gasteiger partial charge in [0.15, 0.2) is 5.82 Å². The van der Waals surface area contributed by atoms with Gasteiger partial charge in [0.2, 0.25) is 0 Å². The Bertz CT molecular complexity index is 4020. The van der Waals surface area contributed by atoms with Crippen LogP contribution in [0.4, 0.5) is 17.2 Å². The zero-order valence-electron chi connectivity index (χ0n) is 37.9. The van der Waals surface area contributed by atoms with Crippen molar-refractivity contribution in [3.05, 3.63) is 271 Å². The summed E-state index contributed by atoms with van der Waals surface area (Å²) in [6.07, 6.45) is 0. The van der Waals surface area contributed by atoms with E-state index in [1.54, 1.807) is 0 Å². The molecule has 1 atom stereocenters. The molecule has 3 aliphatic rings. The first-order chi connectivity index (χ1) is 34.8. The number of hydrogen-bond donors (Lipinski definition) is 0. The van der Waals surface area contributed by atoms with Gasteiger partial charge in [-0.2, -0.15) is 0 Å². The van der Waals surface area contributed by atoms with E-state index >= 15 is 0 Å². The molecule has 1 aliphatic heterocycles. The Balaban J connectivity index is 1.01. The lowest BCUT2D eigenvalue weighted by atomic mass is 9.70. The van der Waals surface area contributed by atoms with Crippen LogP contribution in [0.3, 0.4) is 0 Å². The summed E-state index contributed by atoms with van der Waals surface area (Å²) in [5.74, 6) is 1.50. The van der Waals surface area contributed by atoms with E-state index in [-0.39, 0.29) is 0 Å². The fourth-order valence-corrected chi connectivity index (χ4v) is 14.8. The third-order valence-corrected chi connectivity index (χ3v) is 17.5. The Morgan fingerprint density at radius 1 is 0.400 bits per heavy atom. The van der Waals surface area contributed by atoms with Crippen molar-refractivity contribution in [2.75, 3.05) is 4.90 Å². The van der Waals surface area contributed by atoms with E-state index < -0.39 is 13.3 Å². The monoisotopic (exact) mass is 908 g/mol. The predicted octanol–water partition coefficient (Wildman–Crippen LogP) is 14.8. The van der Waals surface area contributed by atoms with Crippen molar-refractivity contribution >= 4 is 62.8 Å². The summed E-state index contributed by atoms with van der Waals surface area (Å²) in [5, 5.41) is 6.36. The van der Waals surface area contributed by atoms with E-state index in [1.807, 2.05) is 0 Å². The highest BCUT2D eigenvalue weighted by molar-refractivity contribution is 7.81. The maximum Gasteiger partial charge on any atom is 0.162 e. The number of fused-ring (bicyclic) bond motifs is 16. The zero-order chi connectivity index (χ0) is 45.9. The van der Waals surface area contributed by atoms with Crippen molar-refractivity contribution < 1.29 is 0 Å². The molecule has 5 heteroatoms. The molecule has 12 aromatic rings. The minimum atomic E-state index is -1.04. The first kappa shape index (κ1) is 39.3. The molecule has 0 radical (unpaired) electrons. The summed E-state index contributed by atoms with van der Waals surface area (Å²) in [5.41, 5.74) is 18.6. The SMILES string of the molecule is c1ccc(-c2nc(-c3ccc4c(c3)C3(c5ccccc5-c5ccccc53)c3ccccc3-4)cc(N3c4ccccc4P(c4ccccc4)c4c3ccc3c5ccccc5n(-c5ccccc5)c43)n2)cc1. The molecule has 70 heavy (non-hydrogen) atoms. The van der Waals surface area contributed by atoms with Crippen LogP contribution in [0.1, 0.15) is 22.3 Å². The van der Waals surface area contributed by atoms with E-state index in [1.165, 1.54) is 82.2 Å². The molecule has 10 aromatic carbocycles. The Kier molecular flexibility index (Phi) is 8.51. The second-order valence-electron chi connectivity index (χ2n) is 18.5. The average Bonchev–Trinajstić information content (AvgIpc) is 4.05. The molecule has 0 N–H and O–H groups in total. The fraction of sp³-hybridized carbons (Fsp3) is 0.0154. The molecule has 15 rings (SSSR count). The molecular weight excluding hydrogens is 868 g/mol. The second-order valence-corrected chi connectivity index (χ2v) is 20.6. The highest BCUT2D eigenvalue weighted by Gasteiger charge is 2.51. The predicted molar refractivity (Wildman–Crippen MR) is 290 cm³/mol. The molecule has 326 valence electrons. The van der Waals surface area contributed by atoms with Crippen LogP contribution in [0.5, 0.6) is 0 Å². The van der Waals surface area contributed by atoms with E-state index in [0.717, 1.165) is 39.7 Å². The normalized spacial score (nSPS) is 14.5. The average molecular weight is 909 g/mol. The molecule has 1 spiro atoms. The molecule has 2 aromatic heterocycles. The van der Waals surface area contributed by atoms with E-state index in [4.69, 9.17) is 9.97 Å². The molecule has 1 unspecified atom stereocenters. The van der Waals surface area contributed by atoms with Crippen LogP contribution in [0.2, 0.25) is 0 Å². The molecule has 0 bridgehead atoms. The second kappa shape index (κ2) is 15.2. The number of rotatable bonds is 5. The third kappa shape index (κ3) is 5.45. The van der Waals surface area contributed by atoms with E-state index in [9.17, 15) is 0 Å². The van der Waals surface area contributed by atoms with Crippen LogP contribution >= 0.6 is 7.92 Å². The van der Waals surface area contributed by atoms with E-state index in [0.29, 0.717) is 5.82 Å². The van der Waals surface area contributed by atoms with Gasteiger partial charge in [-0.3, -0.25) is 4.90 Å². The Labute approximate surface area is 407 Å². The van der Waals surface area contributed by atoms with Crippen molar-refractivity contribution in [3.8, 4) is 50.6 Å². The van der Waals surface area contributed by atoms with Crippen LogP contribution < -0.4 is 20.8 Å². The quantitative estimate of drug-likeness (QED) is 0.161. The minimum Gasteiger partial charge on any atom is -0.308 e. The van der Waals surface area contributed by atoms with Crippen molar-refractivity contribution in [2.45, 2.75) is 5.41 Å². The van der Waals surface area contributed by atoms with Gasteiger partial charge in [0, 0.05) is 44.3 Å². The van der Waals surface area contributed by atoms with Gasteiger partial charge in [0.25, 0.3) is 0 Å². The van der Waals surface area contributed by atoms with Gasteiger partial charge in [0.1, 0.15) is 5.82 Å².